The fraction of sp³-hybridized carbons (Fsp3) is 0.227. The number of rotatable bonds is 6. The van der Waals surface area contributed by atoms with E-state index in [9.17, 15) is 9.18 Å². The SMILES string of the molecule is Cc1c(C(=O)NCC[NH+](C)C)cc(-c2ccc(Cl)cc2)n1-c1cccc(F)c1. The van der Waals surface area contributed by atoms with Crippen molar-refractivity contribution in [1.29, 1.82) is 0 Å². The van der Waals surface area contributed by atoms with Gasteiger partial charge >= 0.3 is 0 Å². The quantitative estimate of drug-likeness (QED) is 0.655. The zero-order chi connectivity index (χ0) is 20.3. The van der Waals surface area contributed by atoms with Crippen LogP contribution >= 0.6 is 11.6 Å². The Kier molecular flexibility index (Phi) is 6.17. The summed E-state index contributed by atoms with van der Waals surface area (Å²) in [6.07, 6.45) is 0. The third-order valence-electron chi connectivity index (χ3n) is 4.61. The number of carbonyl (C=O) groups is 1. The van der Waals surface area contributed by atoms with Gasteiger partial charge in [0, 0.05) is 16.4 Å². The molecule has 0 saturated heterocycles. The lowest BCUT2D eigenvalue weighted by molar-refractivity contribution is -0.856. The number of benzene rings is 2. The molecule has 4 nitrogen and oxygen atoms in total. The van der Waals surface area contributed by atoms with Crippen LogP contribution in [0.4, 0.5) is 4.39 Å². The fourth-order valence-electron chi connectivity index (χ4n) is 3.14. The van der Waals surface area contributed by atoms with Crippen LogP contribution in [-0.4, -0.2) is 37.7 Å². The topological polar surface area (TPSA) is 38.5 Å². The lowest BCUT2D eigenvalue weighted by atomic mass is 10.1. The summed E-state index contributed by atoms with van der Waals surface area (Å²) in [6, 6.07) is 15.6. The summed E-state index contributed by atoms with van der Waals surface area (Å²) in [5.41, 5.74) is 3.70. The first kappa shape index (κ1) is 20.1. The summed E-state index contributed by atoms with van der Waals surface area (Å²) in [6.45, 7) is 3.29. The Labute approximate surface area is 169 Å². The highest BCUT2D eigenvalue weighted by molar-refractivity contribution is 6.30. The molecule has 0 aliphatic carbocycles. The van der Waals surface area contributed by atoms with E-state index in [0.717, 1.165) is 23.5 Å². The molecule has 0 atom stereocenters. The molecule has 6 heteroatoms. The third kappa shape index (κ3) is 4.43. The van der Waals surface area contributed by atoms with Gasteiger partial charge < -0.3 is 14.8 Å². The Morgan fingerprint density at radius 1 is 1.14 bits per heavy atom. The first-order valence-corrected chi connectivity index (χ1v) is 9.56. The standard InChI is InChI=1S/C22H23ClFN3O/c1-15-20(22(28)25-11-12-26(2)3)14-21(16-7-9-17(23)10-8-16)27(15)19-6-4-5-18(24)13-19/h4-10,13-14H,11-12H2,1-3H3,(H,25,28)/p+1. The maximum atomic E-state index is 13.9. The Morgan fingerprint density at radius 2 is 1.86 bits per heavy atom. The second-order valence-corrected chi connectivity index (χ2v) is 7.50. The molecule has 146 valence electrons. The molecule has 0 saturated carbocycles. The van der Waals surface area contributed by atoms with Gasteiger partial charge in [-0.3, -0.25) is 4.79 Å². The van der Waals surface area contributed by atoms with E-state index in [1.165, 1.54) is 17.0 Å². The molecule has 3 aromatic rings. The molecule has 0 aliphatic rings. The van der Waals surface area contributed by atoms with E-state index in [4.69, 9.17) is 11.6 Å². The molecule has 1 heterocycles. The first-order valence-electron chi connectivity index (χ1n) is 9.18. The molecule has 0 radical (unpaired) electrons. The van der Waals surface area contributed by atoms with Gasteiger partial charge in [-0.1, -0.05) is 29.8 Å². The highest BCUT2D eigenvalue weighted by Gasteiger charge is 2.20. The summed E-state index contributed by atoms with van der Waals surface area (Å²) in [5.74, 6) is -0.461. The molecular weight excluding hydrogens is 377 g/mol. The van der Waals surface area contributed by atoms with Gasteiger partial charge in [0.15, 0.2) is 0 Å². The highest BCUT2D eigenvalue weighted by Crippen LogP contribution is 2.30. The van der Waals surface area contributed by atoms with Gasteiger partial charge in [0.25, 0.3) is 5.91 Å². The van der Waals surface area contributed by atoms with Crippen molar-refractivity contribution in [2.24, 2.45) is 0 Å². The molecule has 2 N–H and O–H groups in total. The summed E-state index contributed by atoms with van der Waals surface area (Å²) in [4.78, 5) is 14.0. The highest BCUT2D eigenvalue weighted by atomic mass is 35.5. The van der Waals surface area contributed by atoms with Crippen LogP contribution in [0.5, 0.6) is 0 Å². The molecule has 0 aliphatic heterocycles. The molecule has 2 aromatic carbocycles. The molecule has 28 heavy (non-hydrogen) atoms. The minimum absolute atomic E-state index is 0.135. The summed E-state index contributed by atoms with van der Waals surface area (Å²) < 4.78 is 15.8. The normalized spacial score (nSPS) is 11.1. The van der Waals surface area contributed by atoms with Crippen LogP contribution in [0.3, 0.4) is 0 Å². The van der Waals surface area contributed by atoms with Gasteiger partial charge in [0.1, 0.15) is 5.82 Å². The number of hydrogen-bond acceptors (Lipinski definition) is 1. The van der Waals surface area contributed by atoms with Crippen LogP contribution < -0.4 is 10.2 Å². The number of halogens is 2. The second kappa shape index (κ2) is 8.59. The predicted octanol–water partition coefficient (Wildman–Crippen LogP) is 3.12. The summed E-state index contributed by atoms with van der Waals surface area (Å²) >= 11 is 6.02. The summed E-state index contributed by atoms with van der Waals surface area (Å²) in [5, 5.41) is 3.60. The van der Waals surface area contributed by atoms with E-state index in [0.29, 0.717) is 22.8 Å². The molecule has 1 amide bonds. The zero-order valence-electron chi connectivity index (χ0n) is 16.2. The summed E-state index contributed by atoms with van der Waals surface area (Å²) in [7, 11) is 4.08. The maximum absolute atomic E-state index is 13.9. The predicted molar refractivity (Wildman–Crippen MR) is 111 cm³/mol. The molecular formula is C22H24ClFN3O+. The zero-order valence-corrected chi connectivity index (χ0v) is 17.0. The number of quaternary nitrogens is 1. The number of likely N-dealkylation sites (N-methyl/N-ethyl adjacent to an activating group) is 1. The first-order chi connectivity index (χ1) is 13.4. The van der Waals surface area contributed by atoms with Gasteiger partial charge in [0.2, 0.25) is 0 Å². The van der Waals surface area contributed by atoms with Crippen LogP contribution in [0, 0.1) is 12.7 Å². The number of hydrogen-bond donors (Lipinski definition) is 2. The van der Waals surface area contributed by atoms with Crippen LogP contribution in [-0.2, 0) is 0 Å². The van der Waals surface area contributed by atoms with Gasteiger partial charge in [-0.25, -0.2) is 4.39 Å². The Bertz CT molecular complexity index is 980. The van der Waals surface area contributed by atoms with E-state index in [1.54, 1.807) is 18.2 Å². The van der Waals surface area contributed by atoms with Crippen LogP contribution in [0.15, 0.2) is 54.6 Å². The van der Waals surface area contributed by atoms with E-state index < -0.39 is 0 Å². The van der Waals surface area contributed by atoms with Crippen molar-refractivity contribution in [2.75, 3.05) is 27.2 Å². The number of nitrogens with zero attached hydrogens (tertiary/aromatic N) is 1. The van der Waals surface area contributed by atoms with Crippen molar-refractivity contribution >= 4 is 17.5 Å². The van der Waals surface area contributed by atoms with Crippen molar-refractivity contribution < 1.29 is 14.1 Å². The Morgan fingerprint density at radius 3 is 2.50 bits per heavy atom. The smallest absolute Gasteiger partial charge is 0.253 e. The number of carbonyl (C=O) groups excluding carboxylic acids is 1. The molecule has 1 aromatic heterocycles. The molecule has 0 spiro atoms. The minimum Gasteiger partial charge on any atom is -0.346 e. The van der Waals surface area contributed by atoms with Crippen molar-refractivity contribution in [1.82, 2.24) is 9.88 Å². The van der Waals surface area contributed by atoms with Gasteiger partial charge in [-0.15, -0.1) is 0 Å². The van der Waals surface area contributed by atoms with Crippen molar-refractivity contribution in [3.05, 3.63) is 76.7 Å². The molecule has 3 rings (SSSR count). The fourth-order valence-corrected chi connectivity index (χ4v) is 3.26. The van der Waals surface area contributed by atoms with Crippen molar-refractivity contribution in [2.45, 2.75) is 6.92 Å². The number of nitrogens with one attached hydrogen (secondary N) is 2. The monoisotopic (exact) mass is 400 g/mol. The maximum Gasteiger partial charge on any atom is 0.253 e. The largest absolute Gasteiger partial charge is 0.346 e. The number of aromatic nitrogens is 1. The van der Waals surface area contributed by atoms with Crippen LogP contribution in [0.1, 0.15) is 16.1 Å². The lowest BCUT2D eigenvalue weighted by Gasteiger charge is -2.13. The van der Waals surface area contributed by atoms with Gasteiger partial charge in [0.05, 0.1) is 38.4 Å². The van der Waals surface area contributed by atoms with E-state index in [1.807, 2.05) is 49.9 Å². The van der Waals surface area contributed by atoms with E-state index in [-0.39, 0.29) is 11.7 Å². The average Bonchev–Trinajstić information content (AvgIpc) is 2.99. The lowest BCUT2D eigenvalue weighted by Crippen LogP contribution is -3.06. The third-order valence-corrected chi connectivity index (χ3v) is 4.86. The second-order valence-electron chi connectivity index (χ2n) is 7.06. The average molecular weight is 401 g/mol. The molecule has 0 bridgehead atoms. The Hall–Kier alpha value is -2.63. The van der Waals surface area contributed by atoms with Crippen LogP contribution in [0.2, 0.25) is 5.02 Å². The van der Waals surface area contributed by atoms with Crippen molar-refractivity contribution in [3.8, 4) is 16.9 Å². The Balaban J connectivity index is 2.07. The van der Waals surface area contributed by atoms with E-state index >= 15 is 0 Å². The van der Waals surface area contributed by atoms with Gasteiger partial charge in [-0.2, -0.15) is 0 Å². The molecule has 0 unspecified atom stereocenters. The van der Waals surface area contributed by atoms with Gasteiger partial charge in [-0.05, 0) is 48.9 Å². The van der Waals surface area contributed by atoms with E-state index in [2.05, 4.69) is 5.32 Å². The van der Waals surface area contributed by atoms with Crippen molar-refractivity contribution in [3.63, 3.8) is 0 Å². The minimum atomic E-state index is -0.326. The van der Waals surface area contributed by atoms with Crippen LogP contribution in [0.25, 0.3) is 16.9 Å². The molecule has 0 fully saturated rings. The number of amides is 1.